The van der Waals surface area contributed by atoms with Crippen LogP contribution in [0.1, 0.15) is 23.1 Å². The summed E-state index contributed by atoms with van der Waals surface area (Å²) in [6.45, 7) is 2.00. The lowest BCUT2D eigenvalue weighted by Gasteiger charge is -2.36. The van der Waals surface area contributed by atoms with Crippen LogP contribution in [0.5, 0.6) is 0 Å². The zero-order chi connectivity index (χ0) is 21.1. The number of amides is 2. The zero-order valence-electron chi connectivity index (χ0n) is 16.6. The van der Waals surface area contributed by atoms with Gasteiger partial charge in [-0.15, -0.1) is 0 Å². The molecule has 1 atom stereocenters. The number of hydrogen-bond donors (Lipinski definition) is 1. The molecule has 2 amide bonds. The molecule has 1 N–H and O–H groups in total. The Morgan fingerprint density at radius 2 is 1.87 bits per heavy atom. The summed E-state index contributed by atoms with van der Waals surface area (Å²) in [5, 5.41) is 3.34. The Hall–Kier alpha value is -3.18. The van der Waals surface area contributed by atoms with Crippen molar-refractivity contribution in [3.63, 3.8) is 0 Å². The van der Waals surface area contributed by atoms with Crippen LogP contribution in [0.15, 0.2) is 66.9 Å². The number of hydrogen-bond acceptors (Lipinski definition) is 3. The van der Waals surface area contributed by atoms with E-state index in [1.54, 1.807) is 23.2 Å². The lowest BCUT2D eigenvalue weighted by molar-refractivity contribution is -0.123. The van der Waals surface area contributed by atoms with Crippen LogP contribution in [-0.2, 0) is 22.4 Å². The second-order valence-electron chi connectivity index (χ2n) is 7.47. The van der Waals surface area contributed by atoms with Crippen LogP contribution in [-0.4, -0.2) is 22.8 Å². The molecule has 0 bridgehead atoms. The van der Waals surface area contributed by atoms with Gasteiger partial charge in [0.05, 0.1) is 6.42 Å². The topological polar surface area (TPSA) is 62.3 Å². The molecule has 0 spiro atoms. The number of aromatic nitrogens is 1. The molecule has 152 valence electrons. The van der Waals surface area contributed by atoms with Crippen molar-refractivity contribution in [1.29, 1.82) is 0 Å². The molecule has 0 saturated carbocycles. The molecule has 2 heterocycles. The van der Waals surface area contributed by atoms with Gasteiger partial charge in [-0.05, 0) is 55.2 Å². The van der Waals surface area contributed by atoms with E-state index in [-0.39, 0.29) is 18.2 Å². The SMILES string of the molecule is Cc1ccc(NC(=O)C2CCc3ccccc3N2C(=O)Cc2ccc(Cl)nc2)cc1. The number of carbonyl (C=O) groups excluding carboxylic acids is 2. The highest BCUT2D eigenvalue weighted by molar-refractivity contribution is 6.29. The first-order valence-electron chi connectivity index (χ1n) is 9.89. The first-order chi connectivity index (χ1) is 14.5. The largest absolute Gasteiger partial charge is 0.324 e. The van der Waals surface area contributed by atoms with Crippen molar-refractivity contribution >= 4 is 34.8 Å². The second kappa shape index (κ2) is 8.67. The third-order valence-corrected chi connectivity index (χ3v) is 5.51. The summed E-state index contributed by atoms with van der Waals surface area (Å²) in [7, 11) is 0. The van der Waals surface area contributed by atoms with Crippen LogP contribution in [0.3, 0.4) is 0 Å². The number of para-hydroxylation sites is 1. The van der Waals surface area contributed by atoms with E-state index in [2.05, 4.69) is 10.3 Å². The van der Waals surface area contributed by atoms with Crippen LogP contribution in [0.2, 0.25) is 5.15 Å². The van der Waals surface area contributed by atoms with Crippen LogP contribution in [0.25, 0.3) is 0 Å². The first-order valence-corrected chi connectivity index (χ1v) is 10.3. The standard InChI is InChI=1S/C24H22ClN3O2/c1-16-6-10-19(11-7-16)27-24(30)21-12-9-18-4-2-3-5-20(18)28(21)23(29)14-17-8-13-22(25)26-15-17/h2-8,10-11,13,15,21H,9,12,14H2,1H3,(H,27,30). The minimum absolute atomic E-state index is 0.143. The van der Waals surface area contributed by atoms with Gasteiger partial charge in [0.1, 0.15) is 11.2 Å². The molecule has 0 fully saturated rings. The van der Waals surface area contributed by atoms with Crippen LogP contribution in [0.4, 0.5) is 11.4 Å². The van der Waals surface area contributed by atoms with E-state index in [4.69, 9.17) is 11.6 Å². The van der Waals surface area contributed by atoms with Gasteiger partial charge < -0.3 is 5.32 Å². The lowest BCUT2D eigenvalue weighted by Crippen LogP contribution is -2.50. The number of pyridine rings is 1. The summed E-state index contributed by atoms with van der Waals surface area (Å²) in [4.78, 5) is 32.1. The number of benzene rings is 2. The molecule has 0 radical (unpaired) electrons. The Kier molecular flexibility index (Phi) is 5.81. The molecule has 1 unspecified atom stereocenters. The van der Waals surface area contributed by atoms with Gasteiger partial charge in [0.2, 0.25) is 11.8 Å². The van der Waals surface area contributed by atoms with Crippen molar-refractivity contribution in [2.45, 2.75) is 32.2 Å². The predicted molar refractivity (Wildman–Crippen MR) is 119 cm³/mol. The Labute approximate surface area is 180 Å². The van der Waals surface area contributed by atoms with Gasteiger partial charge in [-0.1, -0.05) is 53.6 Å². The molecule has 2 aromatic carbocycles. The molecule has 4 rings (SSSR count). The van der Waals surface area contributed by atoms with Crippen LogP contribution >= 0.6 is 11.6 Å². The van der Waals surface area contributed by atoms with Crippen LogP contribution < -0.4 is 10.2 Å². The van der Waals surface area contributed by atoms with Crippen molar-refractivity contribution in [2.24, 2.45) is 0 Å². The molecule has 0 saturated heterocycles. The van der Waals surface area contributed by atoms with Gasteiger partial charge in [0.25, 0.3) is 0 Å². The molecule has 1 aliphatic heterocycles. The molecular weight excluding hydrogens is 398 g/mol. The number of nitrogens with zero attached hydrogens (tertiary/aromatic N) is 2. The summed E-state index contributed by atoms with van der Waals surface area (Å²) in [5.74, 6) is -0.328. The van der Waals surface area contributed by atoms with E-state index in [1.807, 2.05) is 55.5 Å². The Morgan fingerprint density at radius 3 is 2.60 bits per heavy atom. The fourth-order valence-electron chi connectivity index (χ4n) is 3.74. The van der Waals surface area contributed by atoms with Crippen LogP contribution in [0, 0.1) is 6.92 Å². The van der Waals surface area contributed by atoms with Crippen molar-refractivity contribution in [2.75, 3.05) is 10.2 Å². The van der Waals surface area contributed by atoms with E-state index in [1.165, 1.54) is 0 Å². The number of aryl methyl sites for hydroxylation is 2. The van der Waals surface area contributed by atoms with E-state index in [0.717, 1.165) is 34.5 Å². The number of rotatable bonds is 4. The highest BCUT2D eigenvalue weighted by Gasteiger charge is 2.35. The predicted octanol–water partition coefficient (Wildman–Crippen LogP) is 4.57. The minimum Gasteiger partial charge on any atom is -0.324 e. The maximum Gasteiger partial charge on any atom is 0.247 e. The van der Waals surface area contributed by atoms with E-state index in [9.17, 15) is 9.59 Å². The summed E-state index contributed by atoms with van der Waals surface area (Å²) in [6, 6.07) is 18.3. The van der Waals surface area contributed by atoms with Gasteiger partial charge in [-0.3, -0.25) is 14.5 Å². The minimum atomic E-state index is -0.575. The smallest absolute Gasteiger partial charge is 0.247 e. The number of nitrogens with one attached hydrogen (secondary N) is 1. The average Bonchev–Trinajstić information content (AvgIpc) is 2.76. The summed E-state index contributed by atoms with van der Waals surface area (Å²) >= 11 is 5.86. The summed E-state index contributed by atoms with van der Waals surface area (Å²) < 4.78 is 0. The fraction of sp³-hybridized carbons (Fsp3) is 0.208. The molecule has 1 aromatic heterocycles. The molecule has 30 heavy (non-hydrogen) atoms. The molecule has 0 aliphatic carbocycles. The number of anilines is 2. The average molecular weight is 420 g/mol. The van der Waals surface area contributed by atoms with Gasteiger partial charge in [-0.2, -0.15) is 0 Å². The van der Waals surface area contributed by atoms with Gasteiger partial charge in [-0.25, -0.2) is 4.98 Å². The Bertz CT molecular complexity index is 1060. The lowest BCUT2D eigenvalue weighted by atomic mass is 9.94. The van der Waals surface area contributed by atoms with Gasteiger partial charge in [0.15, 0.2) is 0 Å². The monoisotopic (exact) mass is 419 g/mol. The number of carbonyl (C=O) groups is 2. The summed E-state index contributed by atoms with van der Waals surface area (Å²) in [5.41, 5.74) is 4.45. The maximum atomic E-state index is 13.3. The van der Waals surface area contributed by atoms with Crippen molar-refractivity contribution < 1.29 is 9.59 Å². The quantitative estimate of drug-likeness (QED) is 0.630. The van der Waals surface area contributed by atoms with E-state index in [0.29, 0.717) is 11.6 Å². The Morgan fingerprint density at radius 1 is 1.10 bits per heavy atom. The van der Waals surface area contributed by atoms with Crippen molar-refractivity contribution in [3.8, 4) is 0 Å². The number of fused-ring (bicyclic) bond motifs is 1. The first kappa shape index (κ1) is 20.1. The molecule has 1 aliphatic rings. The highest BCUT2D eigenvalue weighted by Crippen LogP contribution is 2.32. The van der Waals surface area contributed by atoms with Gasteiger partial charge in [0, 0.05) is 17.6 Å². The van der Waals surface area contributed by atoms with E-state index < -0.39 is 6.04 Å². The second-order valence-corrected chi connectivity index (χ2v) is 7.86. The molecule has 6 heteroatoms. The molecular formula is C24H22ClN3O2. The molecule has 3 aromatic rings. The van der Waals surface area contributed by atoms with E-state index >= 15 is 0 Å². The third kappa shape index (κ3) is 4.36. The summed E-state index contributed by atoms with van der Waals surface area (Å²) in [6.07, 6.45) is 3.05. The van der Waals surface area contributed by atoms with Crippen molar-refractivity contribution in [1.82, 2.24) is 4.98 Å². The fourth-order valence-corrected chi connectivity index (χ4v) is 3.85. The zero-order valence-corrected chi connectivity index (χ0v) is 17.4. The van der Waals surface area contributed by atoms with Gasteiger partial charge >= 0.3 is 0 Å². The highest BCUT2D eigenvalue weighted by atomic mass is 35.5. The molecule has 5 nitrogen and oxygen atoms in total. The normalized spacial score (nSPS) is 15.4. The Balaban J connectivity index is 1.61. The maximum absolute atomic E-state index is 13.3. The van der Waals surface area contributed by atoms with Crippen molar-refractivity contribution in [3.05, 3.63) is 88.7 Å². The third-order valence-electron chi connectivity index (χ3n) is 5.28. The number of halogens is 1.